The Hall–Kier alpha value is -2.60. The van der Waals surface area contributed by atoms with Crippen LogP contribution in [0.4, 0.5) is 5.69 Å². The van der Waals surface area contributed by atoms with Crippen molar-refractivity contribution in [2.45, 2.75) is 26.8 Å². The van der Waals surface area contributed by atoms with E-state index < -0.39 is 0 Å². The predicted octanol–water partition coefficient (Wildman–Crippen LogP) is 4.89. The summed E-state index contributed by atoms with van der Waals surface area (Å²) < 4.78 is 6.62. The van der Waals surface area contributed by atoms with E-state index in [4.69, 9.17) is 4.42 Å². The molecule has 0 aliphatic carbocycles. The summed E-state index contributed by atoms with van der Waals surface area (Å²) in [5.74, 6) is -0.189. The molecule has 0 atom stereocenters. The van der Waals surface area contributed by atoms with Crippen LogP contribution in [0.3, 0.4) is 0 Å². The van der Waals surface area contributed by atoms with Gasteiger partial charge in [-0.2, -0.15) is 0 Å². The fourth-order valence-corrected chi connectivity index (χ4v) is 3.01. The van der Waals surface area contributed by atoms with Crippen molar-refractivity contribution in [1.82, 2.24) is 5.32 Å². The summed E-state index contributed by atoms with van der Waals surface area (Å²) in [7, 11) is 0. The van der Waals surface area contributed by atoms with Gasteiger partial charge in [-0.25, -0.2) is 0 Å². The van der Waals surface area contributed by atoms with Crippen LogP contribution in [0.5, 0.6) is 0 Å². The summed E-state index contributed by atoms with van der Waals surface area (Å²) in [6, 6.07) is 12.4. The van der Waals surface area contributed by atoms with Crippen molar-refractivity contribution < 1.29 is 14.0 Å². The molecule has 0 saturated carbocycles. The molecule has 0 aliphatic heterocycles. The summed E-state index contributed by atoms with van der Waals surface area (Å²) in [5.41, 5.74) is 2.59. The lowest BCUT2D eigenvalue weighted by molar-refractivity contribution is 0.0942. The number of halogens is 1. The highest BCUT2D eigenvalue weighted by Gasteiger charge is 2.18. The maximum Gasteiger partial charge on any atom is 0.291 e. The smallest absolute Gasteiger partial charge is 0.291 e. The third-order valence-electron chi connectivity index (χ3n) is 3.93. The van der Waals surface area contributed by atoms with Crippen molar-refractivity contribution in [3.8, 4) is 0 Å². The van der Waals surface area contributed by atoms with Crippen LogP contribution < -0.4 is 10.6 Å². The number of aryl methyl sites for hydroxylation is 1. The van der Waals surface area contributed by atoms with Crippen molar-refractivity contribution in [2.75, 3.05) is 5.32 Å². The van der Waals surface area contributed by atoms with Gasteiger partial charge < -0.3 is 15.1 Å². The molecule has 0 bridgehead atoms. The van der Waals surface area contributed by atoms with Gasteiger partial charge in [-0.15, -0.1) is 0 Å². The summed E-state index contributed by atoms with van der Waals surface area (Å²) in [5, 5.41) is 6.53. The number of furan rings is 1. The minimum atomic E-state index is -0.325. The Balaban J connectivity index is 1.78. The molecule has 1 heterocycles. The molecular formula is C20H19BrN2O3. The minimum Gasteiger partial charge on any atom is -0.451 e. The second kappa shape index (κ2) is 7.33. The number of benzene rings is 2. The molecule has 5 nitrogen and oxygen atoms in total. The zero-order valence-electron chi connectivity index (χ0n) is 14.7. The van der Waals surface area contributed by atoms with Crippen LogP contribution in [-0.2, 0) is 0 Å². The first-order chi connectivity index (χ1) is 12.3. The summed E-state index contributed by atoms with van der Waals surface area (Å²) >= 11 is 3.42. The molecule has 2 N–H and O–H groups in total. The van der Waals surface area contributed by atoms with Gasteiger partial charge in [0.25, 0.3) is 11.8 Å². The molecule has 134 valence electrons. The molecule has 6 heteroatoms. The number of rotatable bonds is 4. The fraction of sp³-hybridized carbons (Fsp3) is 0.200. The lowest BCUT2D eigenvalue weighted by atomic mass is 10.1. The first kappa shape index (κ1) is 18.2. The molecule has 2 amide bonds. The van der Waals surface area contributed by atoms with Crippen LogP contribution in [0.25, 0.3) is 11.0 Å². The monoisotopic (exact) mass is 414 g/mol. The highest BCUT2D eigenvalue weighted by Crippen LogP contribution is 2.28. The van der Waals surface area contributed by atoms with Crippen molar-refractivity contribution in [1.29, 1.82) is 0 Å². The van der Waals surface area contributed by atoms with Gasteiger partial charge in [0.05, 0.1) is 0 Å². The fourth-order valence-electron chi connectivity index (χ4n) is 2.65. The Morgan fingerprint density at radius 1 is 1.04 bits per heavy atom. The highest BCUT2D eigenvalue weighted by molar-refractivity contribution is 9.10. The third kappa shape index (κ3) is 3.80. The first-order valence-electron chi connectivity index (χ1n) is 8.26. The van der Waals surface area contributed by atoms with Crippen molar-refractivity contribution in [3.63, 3.8) is 0 Å². The first-order valence-corrected chi connectivity index (χ1v) is 9.05. The van der Waals surface area contributed by atoms with Gasteiger partial charge in [-0.1, -0.05) is 15.9 Å². The number of hydrogen-bond acceptors (Lipinski definition) is 3. The third-order valence-corrected chi connectivity index (χ3v) is 4.42. The van der Waals surface area contributed by atoms with Crippen LogP contribution in [-0.4, -0.2) is 17.9 Å². The van der Waals surface area contributed by atoms with Gasteiger partial charge in [0.2, 0.25) is 0 Å². The van der Waals surface area contributed by atoms with Crippen LogP contribution >= 0.6 is 15.9 Å². The van der Waals surface area contributed by atoms with E-state index in [1.807, 2.05) is 39.0 Å². The topological polar surface area (TPSA) is 71.3 Å². The number of carbonyl (C=O) groups excluding carboxylic acids is 2. The average molecular weight is 415 g/mol. The number of amides is 2. The molecule has 3 rings (SSSR count). The number of anilines is 1. The van der Waals surface area contributed by atoms with E-state index in [-0.39, 0.29) is 23.6 Å². The van der Waals surface area contributed by atoms with Gasteiger partial charge in [0.1, 0.15) is 5.58 Å². The molecule has 1 aromatic heterocycles. The Morgan fingerprint density at radius 3 is 2.38 bits per heavy atom. The number of hydrogen-bond donors (Lipinski definition) is 2. The normalized spacial score (nSPS) is 11.0. The quantitative estimate of drug-likeness (QED) is 0.637. The second-order valence-electron chi connectivity index (χ2n) is 6.36. The van der Waals surface area contributed by atoms with E-state index in [1.54, 1.807) is 24.3 Å². The van der Waals surface area contributed by atoms with Crippen LogP contribution in [0.2, 0.25) is 0 Å². The Kier molecular flexibility index (Phi) is 5.13. The standard InChI is InChI=1S/C20H19BrN2O3/c1-11(2)22-19(24)13-4-7-15(8-5-13)23-20(25)18-12(3)16-10-14(21)6-9-17(16)26-18/h4-11H,1-3H3,(H,22,24)(H,23,25). The lowest BCUT2D eigenvalue weighted by Gasteiger charge is -2.09. The maximum absolute atomic E-state index is 12.6. The largest absolute Gasteiger partial charge is 0.451 e. The van der Waals surface area contributed by atoms with E-state index in [9.17, 15) is 9.59 Å². The zero-order chi connectivity index (χ0) is 18.8. The van der Waals surface area contributed by atoms with Crippen molar-refractivity contribution in [3.05, 3.63) is 63.8 Å². The van der Waals surface area contributed by atoms with Gasteiger partial charge in [-0.05, 0) is 63.2 Å². The van der Waals surface area contributed by atoms with Gasteiger partial charge in [0, 0.05) is 32.7 Å². The van der Waals surface area contributed by atoms with Crippen LogP contribution in [0, 0.1) is 6.92 Å². The number of fused-ring (bicyclic) bond motifs is 1. The molecule has 3 aromatic rings. The van der Waals surface area contributed by atoms with E-state index in [2.05, 4.69) is 26.6 Å². The molecule has 0 radical (unpaired) electrons. The maximum atomic E-state index is 12.6. The van der Waals surface area contributed by atoms with E-state index >= 15 is 0 Å². The van der Waals surface area contributed by atoms with Crippen LogP contribution in [0.1, 0.15) is 40.3 Å². The summed E-state index contributed by atoms with van der Waals surface area (Å²) in [4.78, 5) is 24.5. The van der Waals surface area contributed by atoms with Crippen LogP contribution in [0.15, 0.2) is 51.4 Å². The second-order valence-corrected chi connectivity index (χ2v) is 7.27. The van der Waals surface area contributed by atoms with E-state index in [0.29, 0.717) is 16.8 Å². The SMILES string of the molecule is Cc1c(C(=O)Nc2ccc(C(=O)NC(C)C)cc2)oc2ccc(Br)cc12. The van der Waals surface area contributed by atoms with Gasteiger partial charge in [-0.3, -0.25) is 9.59 Å². The predicted molar refractivity (Wildman–Crippen MR) is 106 cm³/mol. The Morgan fingerprint density at radius 2 is 1.73 bits per heavy atom. The molecule has 0 spiro atoms. The lowest BCUT2D eigenvalue weighted by Crippen LogP contribution is -2.30. The molecule has 0 saturated heterocycles. The molecule has 0 fully saturated rings. The molecule has 0 unspecified atom stereocenters. The van der Waals surface area contributed by atoms with Crippen molar-refractivity contribution >= 4 is 44.4 Å². The van der Waals surface area contributed by atoms with E-state index in [1.165, 1.54) is 0 Å². The number of nitrogens with one attached hydrogen (secondary N) is 2. The molecule has 2 aromatic carbocycles. The molecule has 26 heavy (non-hydrogen) atoms. The van der Waals surface area contributed by atoms with Gasteiger partial charge in [0.15, 0.2) is 5.76 Å². The number of carbonyl (C=O) groups is 2. The molecular weight excluding hydrogens is 396 g/mol. The van der Waals surface area contributed by atoms with E-state index in [0.717, 1.165) is 15.4 Å². The average Bonchev–Trinajstić information content (AvgIpc) is 2.91. The Labute approximate surface area is 159 Å². The highest BCUT2D eigenvalue weighted by atomic mass is 79.9. The van der Waals surface area contributed by atoms with Gasteiger partial charge >= 0.3 is 0 Å². The summed E-state index contributed by atoms with van der Waals surface area (Å²) in [6.07, 6.45) is 0. The molecule has 0 aliphatic rings. The zero-order valence-corrected chi connectivity index (χ0v) is 16.3. The minimum absolute atomic E-state index is 0.0676. The Bertz CT molecular complexity index is 975. The summed E-state index contributed by atoms with van der Waals surface area (Å²) in [6.45, 7) is 5.66. The van der Waals surface area contributed by atoms with Crippen molar-refractivity contribution in [2.24, 2.45) is 0 Å².